The first kappa shape index (κ1) is 26.6. The van der Waals surface area contributed by atoms with Crippen LogP contribution in [0.2, 0.25) is 0 Å². The standard InChI is InChI=1S/C43H30N2/c1-3-12-31(13-4-1)36-19-11-20-39(28-36)45(40-27-22-32-14-7-8-17-35(32)29-40)38-25-23-33(24-26-38)41-30-37-18-9-10-21-42(37)44-43(41)34-15-5-2-6-16-34/h1-30H. The predicted octanol–water partition coefficient (Wildman–Crippen LogP) is 11.9. The van der Waals surface area contributed by atoms with Gasteiger partial charge in [0.2, 0.25) is 0 Å². The van der Waals surface area contributed by atoms with Crippen LogP contribution in [0.15, 0.2) is 182 Å². The molecule has 0 spiro atoms. The Labute approximate surface area is 263 Å². The number of fused-ring (bicyclic) bond motifs is 2. The first-order chi connectivity index (χ1) is 22.3. The van der Waals surface area contributed by atoms with Crippen molar-refractivity contribution in [2.45, 2.75) is 0 Å². The molecule has 0 unspecified atom stereocenters. The Balaban J connectivity index is 1.27. The van der Waals surface area contributed by atoms with Crippen LogP contribution < -0.4 is 4.90 Å². The molecule has 0 saturated carbocycles. The summed E-state index contributed by atoms with van der Waals surface area (Å²) in [6, 6.07) is 64.6. The van der Waals surface area contributed by atoms with Crippen molar-refractivity contribution in [2.75, 3.05) is 4.90 Å². The molecule has 1 heterocycles. The Kier molecular flexibility index (Phi) is 6.86. The van der Waals surface area contributed by atoms with Gasteiger partial charge in [0.05, 0.1) is 11.2 Å². The zero-order valence-corrected chi connectivity index (χ0v) is 24.7. The van der Waals surface area contributed by atoms with Gasteiger partial charge in [-0.3, -0.25) is 0 Å². The highest BCUT2D eigenvalue weighted by Gasteiger charge is 2.16. The lowest BCUT2D eigenvalue weighted by molar-refractivity contribution is 1.29. The number of para-hydroxylation sites is 1. The monoisotopic (exact) mass is 574 g/mol. The molecule has 0 saturated heterocycles. The molecule has 2 nitrogen and oxygen atoms in total. The molecular weight excluding hydrogens is 544 g/mol. The van der Waals surface area contributed by atoms with Crippen molar-refractivity contribution in [1.29, 1.82) is 0 Å². The summed E-state index contributed by atoms with van der Waals surface area (Å²) in [5.74, 6) is 0. The lowest BCUT2D eigenvalue weighted by Gasteiger charge is -2.26. The van der Waals surface area contributed by atoms with Crippen molar-refractivity contribution >= 4 is 38.7 Å². The van der Waals surface area contributed by atoms with Gasteiger partial charge in [-0.15, -0.1) is 0 Å². The smallest absolute Gasteiger partial charge is 0.0788 e. The summed E-state index contributed by atoms with van der Waals surface area (Å²) in [6.07, 6.45) is 0. The summed E-state index contributed by atoms with van der Waals surface area (Å²) in [5.41, 5.74) is 11.0. The summed E-state index contributed by atoms with van der Waals surface area (Å²) >= 11 is 0. The maximum Gasteiger partial charge on any atom is 0.0788 e. The maximum atomic E-state index is 5.13. The second-order valence-corrected chi connectivity index (χ2v) is 11.3. The molecule has 0 aliphatic rings. The Morgan fingerprint density at radius 3 is 1.71 bits per heavy atom. The number of pyridine rings is 1. The third-order valence-corrected chi connectivity index (χ3v) is 8.41. The van der Waals surface area contributed by atoms with E-state index in [2.05, 4.69) is 175 Å². The Morgan fingerprint density at radius 2 is 0.933 bits per heavy atom. The Hall–Kier alpha value is -5.99. The second kappa shape index (κ2) is 11.6. The van der Waals surface area contributed by atoms with E-state index in [4.69, 9.17) is 4.98 Å². The lowest BCUT2D eigenvalue weighted by atomic mass is 9.97. The molecule has 0 fully saturated rings. The van der Waals surface area contributed by atoms with Gasteiger partial charge < -0.3 is 4.90 Å². The SMILES string of the molecule is c1ccc(-c2cccc(N(c3ccc(-c4cc5ccccc5nc4-c4ccccc4)cc3)c3ccc4ccccc4c3)c2)cc1. The third kappa shape index (κ3) is 5.24. The molecule has 8 aromatic rings. The molecule has 0 atom stereocenters. The average molecular weight is 575 g/mol. The van der Waals surface area contributed by atoms with Gasteiger partial charge in [0.1, 0.15) is 0 Å². The van der Waals surface area contributed by atoms with Crippen LogP contribution in [0.5, 0.6) is 0 Å². The van der Waals surface area contributed by atoms with Crippen LogP contribution in [0.4, 0.5) is 17.1 Å². The largest absolute Gasteiger partial charge is 0.310 e. The minimum Gasteiger partial charge on any atom is -0.310 e. The second-order valence-electron chi connectivity index (χ2n) is 11.3. The van der Waals surface area contributed by atoms with E-state index in [9.17, 15) is 0 Å². The Morgan fingerprint density at radius 1 is 0.333 bits per heavy atom. The number of aromatic nitrogens is 1. The summed E-state index contributed by atoms with van der Waals surface area (Å²) in [5, 5.41) is 3.57. The van der Waals surface area contributed by atoms with E-state index in [0.717, 1.165) is 50.3 Å². The molecule has 1 aromatic heterocycles. The molecule has 7 aromatic carbocycles. The summed E-state index contributed by atoms with van der Waals surface area (Å²) in [4.78, 5) is 7.48. The third-order valence-electron chi connectivity index (χ3n) is 8.41. The minimum atomic E-state index is 0.990. The van der Waals surface area contributed by atoms with Gasteiger partial charge in [-0.1, -0.05) is 133 Å². The molecule has 0 aliphatic carbocycles. The van der Waals surface area contributed by atoms with E-state index in [1.165, 1.54) is 21.9 Å². The molecule has 2 heteroatoms. The number of rotatable bonds is 6. The van der Waals surface area contributed by atoms with Crippen LogP contribution in [-0.4, -0.2) is 4.98 Å². The molecule has 0 radical (unpaired) electrons. The van der Waals surface area contributed by atoms with E-state index in [1.54, 1.807) is 0 Å². The zero-order valence-electron chi connectivity index (χ0n) is 24.7. The van der Waals surface area contributed by atoms with Crippen molar-refractivity contribution in [3.05, 3.63) is 182 Å². The summed E-state index contributed by atoms with van der Waals surface area (Å²) in [6.45, 7) is 0. The lowest BCUT2D eigenvalue weighted by Crippen LogP contribution is -2.10. The van der Waals surface area contributed by atoms with Crippen molar-refractivity contribution in [2.24, 2.45) is 0 Å². The van der Waals surface area contributed by atoms with E-state index >= 15 is 0 Å². The van der Waals surface area contributed by atoms with Crippen LogP contribution >= 0.6 is 0 Å². The number of anilines is 3. The highest BCUT2D eigenvalue weighted by molar-refractivity contribution is 5.93. The van der Waals surface area contributed by atoms with Crippen molar-refractivity contribution in [3.63, 3.8) is 0 Å². The van der Waals surface area contributed by atoms with Gasteiger partial charge in [0.25, 0.3) is 0 Å². The van der Waals surface area contributed by atoms with Crippen LogP contribution in [-0.2, 0) is 0 Å². The van der Waals surface area contributed by atoms with Gasteiger partial charge >= 0.3 is 0 Å². The van der Waals surface area contributed by atoms with E-state index in [-0.39, 0.29) is 0 Å². The molecule has 45 heavy (non-hydrogen) atoms. The minimum absolute atomic E-state index is 0.990. The van der Waals surface area contributed by atoms with Gasteiger partial charge in [-0.2, -0.15) is 0 Å². The highest BCUT2D eigenvalue weighted by atomic mass is 15.1. The number of hydrogen-bond acceptors (Lipinski definition) is 2. The fourth-order valence-electron chi connectivity index (χ4n) is 6.16. The number of hydrogen-bond donors (Lipinski definition) is 0. The van der Waals surface area contributed by atoms with E-state index in [1.807, 2.05) is 12.1 Å². The number of benzene rings is 7. The highest BCUT2D eigenvalue weighted by Crippen LogP contribution is 2.40. The first-order valence-electron chi connectivity index (χ1n) is 15.3. The molecular formula is C43H30N2. The van der Waals surface area contributed by atoms with Crippen molar-refractivity contribution < 1.29 is 0 Å². The molecule has 0 amide bonds. The fourth-order valence-corrected chi connectivity index (χ4v) is 6.16. The quantitative estimate of drug-likeness (QED) is 0.196. The topological polar surface area (TPSA) is 16.1 Å². The average Bonchev–Trinajstić information content (AvgIpc) is 3.12. The normalized spacial score (nSPS) is 11.1. The van der Waals surface area contributed by atoms with Gasteiger partial charge in [0, 0.05) is 33.6 Å². The first-order valence-corrected chi connectivity index (χ1v) is 15.3. The van der Waals surface area contributed by atoms with Crippen LogP contribution in [0.1, 0.15) is 0 Å². The number of nitrogens with zero attached hydrogens (tertiary/aromatic N) is 2. The van der Waals surface area contributed by atoms with E-state index in [0.29, 0.717) is 0 Å². The zero-order chi connectivity index (χ0) is 30.0. The molecule has 0 N–H and O–H groups in total. The van der Waals surface area contributed by atoms with E-state index < -0.39 is 0 Å². The van der Waals surface area contributed by atoms with Crippen molar-refractivity contribution in [1.82, 2.24) is 4.98 Å². The van der Waals surface area contributed by atoms with Crippen LogP contribution in [0.3, 0.4) is 0 Å². The Bertz CT molecular complexity index is 2260. The summed E-state index contributed by atoms with van der Waals surface area (Å²) in [7, 11) is 0. The van der Waals surface area contributed by atoms with Gasteiger partial charge in [-0.25, -0.2) is 4.98 Å². The molecule has 8 rings (SSSR count). The predicted molar refractivity (Wildman–Crippen MR) is 190 cm³/mol. The van der Waals surface area contributed by atoms with Gasteiger partial charge in [0.15, 0.2) is 0 Å². The molecule has 0 bridgehead atoms. The summed E-state index contributed by atoms with van der Waals surface area (Å²) < 4.78 is 0. The maximum absolute atomic E-state index is 5.13. The van der Waals surface area contributed by atoms with Crippen LogP contribution in [0.25, 0.3) is 55.2 Å². The van der Waals surface area contributed by atoms with Gasteiger partial charge in [-0.05, 0) is 76.0 Å². The molecule has 212 valence electrons. The van der Waals surface area contributed by atoms with Crippen molar-refractivity contribution in [3.8, 4) is 33.5 Å². The van der Waals surface area contributed by atoms with Crippen LogP contribution in [0, 0.1) is 0 Å². The molecule has 0 aliphatic heterocycles. The fraction of sp³-hybridized carbons (Fsp3) is 0.